The number of ether oxygens (including phenoxy) is 1. The molecule has 1 fully saturated rings. The maximum atomic E-state index is 5.70. The molecular formula is C13H21N3OS. The van der Waals surface area contributed by atoms with Crippen LogP contribution in [0.4, 0.5) is 0 Å². The first-order valence-corrected chi connectivity index (χ1v) is 7.69. The molecule has 2 rings (SSSR count). The van der Waals surface area contributed by atoms with Crippen molar-refractivity contribution >= 4 is 11.8 Å². The van der Waals surface area contributed by atoms with E-state index in [1.54, 1.807) is 0 Å². The van der Waals surface area contributed by atoms with E-state index in [0.29, 0.717) is 0 Å². The van der Waals surface area contributed by atoms with Gasteiger partial charge in [-0.15, -0.1) is 0 Å². The molecule has 4 nitrogen and oxygen atoms in total. The first-order chi connectivity index (χ1) is 8.81. The monoisotopic (exact) mass is 267 g/mol. The number of aromatic nitrogens is 2. The van der Waals surface area contributed by atoms with E-state index in [2.05, 4.69) is 22.2 Å². The van der Waals surface area contributed by atoms with Crippen LogP contribution in [0.2, 0.25) is 0 Å². The van der Waals surface area contributed by atoms with Crippen LogP contribution >= 0.6 is 11.8 Å². The van der Waals surface area contributed by atoms with Gasteiger partial charge >= 0.3 is 0 Å². The molecule has 0 amide bonds. The van der Waals surface area contributed by atoms with Gasteiger partial charge in [-0.3, -0.25) is 0 Å². The molecule has 1 N–H and O–H groups in total. The zero-order valence-electron chi connectivity index (χ0n) is 11.1. The Morgan fingerprint density at radius 3 is 3.11 bits per heavy atom. The second-order valence-corrected chi connectivity index (χ2v) is 5.60. The predicted octanol–water partition coefficient (Wildman–Crippen LogP) is 2.09. The van der Waals surface area contributed by atoms with Gasteiger partial charge in [-0.05, 0) is 19.9 Å². The molecule has 1 aromatic heterocycles. The number of hydrogen-bond acceptors (Lipinski definition) is 5. The summed E-state index contributed by atoms with van der Waals surface area (Å²) in [5.41, 5.74) is 2.23. The summed E-state index contributed by atoms with van der Waals surface area (Å²) >= 11 is 1.91. The van der Waals surface area contributed by atoms with Crippen molar-refractivity contribution in [3.8, 4) is 0 Å². The molecule has 0 saturated carbocycles. The Bertz CT molecular complexity index is 380. The van der Waals surface area contributed by atoms with Crippen LogP contribution in [-0.4, -0.2) is 34.6 Å². The molecule has 0 aromatic carbocycles. The summed E-state index contributed by atoms with van der Waals surface area (Å²) < 4.78 is 5.70. The lowest BCUT2D eigenvalue weighted by Gasteiger charge is -2.21. The molecule has 100 valence electrons. The fraction of sp³-hybridized carbons (Fsp3) is 0.692. The van der Waals surface area contributed by atoms with Crippen LogP contribution < -0.4 is 5.32 Å². The highest BCUT2D eigenvalue weighted by Gasteiger charge is 2.19. The molecule has 5 heteroatoms. The van der Waals surface area contributed by atoms with E-state index in [1.807, 2.05) is 24.9 Å². The molecule has 0 radical (unpaired) electrons. The van der Waals surface area contributed by atoms with Gasteiger partial charge < -0.3 is 10.1 Å². The van der Waals surface area contributed by atoms with Crippen LogP contribution in [0, 0.1) is 6.92 Å². The van der Waals surface area contributed by atoms with E-state index in [0.717, 1.165) is 49.1 Å². The lowest BCUT2D eigenvalue weighted by atomic mass is 10.2. The molecule has 1 unspecified atom stereocenters. The molecular weight excluding hydrogens is 246 g/mol. The van der Waals surface area contributed by atoms with Crippen molar-refractivity contribution in [1.82, 2.24) is 15.3 Å². The molecule has 18 heavy (non-hydrogen) atoms. The standard InChI is InChI=1S/C13H21N3OS/c1-3-4-14-7-11-8-15-13(16-10(11)2)12-9-18-6-5-17-12/h8,12,14H,3-7,9H2,1-2H3. The summed E-state index contributed by atoms with van der Waals surface area (Å²) in [6, 6.07) is 0. The number of hydrogen-bond donors (Lipinski definition) is 1. The van der Waals surface area contributed by atoms with Crippen molar-refractivity contribution < 1.29 is 4.74 Å². The number of nitrogens with zero attached hydrogens (tertiary/aromatic N) is 2. The van der Waals surface area contributed by atoms with E-state index in [-0.39, 0.29) is 6.10 Å². The molecule has 2 heterocycles. The van der Waals surface area contributed by atoms with E-state index < -0.39 is 0 Å². The number of rotatable bonds is 5. The van der Waals surface area contributed by atoms with Crippen molar-refractivity contribution in [3.05, 3.63) is 23.3 Å². The van der Waals surface area contributed by atoms with Crippen LogP contribution in [0.3, 0.4) is 0 Å². The summed E-state index contributed by atoms with van der Waals surface area (Å²) in [5, 5.41) is 3.38. The second kappa shape index (κ2) is 7.07. The summed E-state index contributed by atoms with van der Waals surface area (Å²) in [4.78, 5) is 9.04. The van der Waals surface area contributed by atoms with Crippen LogP contribution in [0.15, 0.2) is 6.20 Å². The highest BCUT2D eigenvalue weighted by Crippen LogP contribution is 2.24. The van der Waals surface area contributed by atoms with Gasteiger partial charge in [0.25, 0.3) is 0 Å². The van der Waals surface area contributed by atoms with Gasteiger partial charge in [0.15, 0.2) is 5.82 Å². The van der Waals surface area contributed by atoms with Gasteiger partial charge in [0.1, 0.15) is 6.10 Å². The second-order valence-electron chi connectivity index (χ2n) is 4.45. The summed E-state index contributed by atoms with van der Waals surface area (Å²) in [7, 11) is 0. The Morgan fingerprint density at radius 2 is 2.44 bits per heavy atom. The maximum absolute atomic E-state index is 5.70. The van der Waals surface area contributed by atoms with Crippen molar-refractivity contribution in [3.63, 3.8) is 0 Å². The van der Waals surface area contributed by atoms with Crippen LogP contribution in [0.25, 0.3) is 0 Å². The van der Waals surface area contributed by atoms with Crippen LogP contribution in [0.5, 0.6) is 0 Å². The maximum Gasteiger partial charge on any atom is 0.158 e. The van der Waals surface area contributed by atoms with Crippen molar-refractivity contribution in [2.75, 3.05) is 24.7 Å². The third-order valence-electron chi connectivity index (χ3n) is 2.95. The minimum atomic E-state index is 0.0695. The lowest BCUT2D eigenvalue weighted by Crippen LogP contribution is -2.20. The zero-order valence-corrected chi connectivity index (χ0v) is 11.9. The van der Waals surface area contributed by atoms with Gasteiger partial charge in [-0.2, -0.15) is 11.8 Å². The van der Waals surface area contributed by atoms with Gasteiger partial charge in [-0.25, -0.2) is 9.97 Å². The first-order valence-electron chi connectivity index (χ1n) is 6.53. The zero-order chi connectivity index (χ0) is 12.8. The molecule has 1 atom stereocenters. The first kappa shape index (κ1) is 13.8. The third-order valence-corrected chi connectivity index (χ3v) is 3.94. The summed E-state index contributed by atoms with van der Waals surface area (Å²) in [6.45, 7) is 6.89. The molecule has 1 aliphatic heterocycles. The third kappa shape index (κ3) is 3.67. The number of thioether (sulfide) groups is 1. The topological polar surface area (TPSA) is 47.0 Å². The van der Waals surface area contributed by atoms with Crippen molar-refractivity contribution in [2.24, 2.45) is 0 Å². The Kier molecular flexibility index (Phi) is 5.41. The lowest BCUT2D eigenvalue weighted by molar-refractivity contribution is 0.0692. The number of aryl methyl sites for hydroxylation is 1. The van der Waals surface area contributed by atoms with Gasteiger partial charge in [0, 0.05) is 35.5 Å². The predicted molar refractivity (Wildman–Crippen MR) is 74.8 cm³/mol. The molecule has 1 aromatic rings. The fourth-order valence-corrected chi connectivity index (χ4v) is 2.72. The van der Waals surface area contributed by atoms with E-state index >= 15 is 0 Å². The number of nitrogens with one attached hydrogen (secondary N) is 1. The van der Waals surface area contributed by atoms with Gasteiger partial charge in [0.05, 0.1) is 6.61 Å². The minimum absolute atomic E-state index is 0.0695. The van der Waals surface area contributed by atoms with Gasteiger partial charge in [0.2, 0.25) is 0 Å². The SMILES string of the molecule is CCCNCc1cnc(C2CSCCO2)nc1C. The average Bonchev–Trinajstić information content (AvgIpc) is 2.42. The van der Waals surface area contributed by atoms with Crippen LogP contribution in [0.1, 0.15) is 36.5 Å². The van der Waals surface area contributed by atoms with E-state index in [1.165, 1.54) is 5.56 Å². The van der Waals surface area contributed by atoms with Crippen molar-refractivity contribution in [1.29, 1.82) is 0 Å². The van der Waals surface area contributed by atoms with E-state index in [9.17, 15) is 0 Å². The summed E-state index contributed by atoms with van der Waals surface area (Å²) in [5.74, 6) is 2.88. The smallest absolute Gasteiger partial charge is 0.158 e. The average molecular weight is 267 g/mol. The molecule has 0 bridgehead atoms. The molecule has 0 spiro atoms. The normalized spacial score (nSPS) is 20.0. The van der Waals surface area contributed by atoms with Crippen LogP contribution in [-0.2, 0) is 11.3 Å². The highest BCUT2D eigenvalue weighted by atomic mass is 32.2. The summed E-state index contributed by atoms with van der Waals surface area (Å²) in [6.07, 6.45) is 3.15. The Balaban J connectivity index is 1.99. The molecule has 1 saturated heterocycles. The fourth-order valence-electron chi connectivity index (χ4n) is 1.88. The Labute approximate surface area is 113 Å². The Hall–Kier alpha value is -0.650. The van der Waals surface area contributed by atoms with Gasteiger partial charge in [-0.1, -0.05) is 6.92 Å². The minimum Gasteiger partial charge on any atom is -0.368 e. The molecule has 0 aliphatic carbocycles. The van der Waals surface area contributed by atoms with Crippen molar-refractivity contribution in [2.45, 2.75) is 32.9 Å². The largest absolute Gasteiger partial charge is 0.368 e. The van der Waals surface area contributed by atoms with E-state index in [4.69, 9.17) is 4.74 Å². The molecule has 1 aliphatic rings. The Morgan fingerprint density at radius 1 is 1.56 bits per heavy atom. The quantitative estimate of drug-likeness (QED) is 0.828. The highest BCUT2D eigenvalue weighted by molar-refractivity contribution is 7.99.